The number of pyridine rings is 1. The van der Waals surface area contributed by atoms with Gasteiger partial charge < -0.3 is 9.84 Å². The van der Waals surface area contributed by atoms with Crippen molar-refractivity contribution in [2.24, 2.45) is 5.92 Å². The van der Waals surface area contributed by atoms with Gasteiger partial charge in [0.2, 0.25) is 11.7 Å². The number of nitrogens with one attached hydrogen (secondary N) is 2. The van der Waals surface area contributed by atoms with Gasteiger partial charge in [-0.15, -0.1) is 11.3 Å². The largest absolute Gasteiger partial charge is 0.337 e. The highest BCUT2D eigenvalue weighted by atomic mass is 32.1. The van der Waals surface area contributed by atoms with Gasteiger partial charge in [-0.25, -0.2) is 9.78 Å². The summed E-state index contributed by atoms with van der Waals surface area (Å²) in [5, 5.41) is 12.1. The lowest BCUT2D eigenvalue weighted by Gasteiger charge is -2.18. The number of hydrogen-bond acceptors (Lipinski definition) is 7. The molecule has 0 spiro atoms. The standard InChI is InChI=1S/C21H20N6O2S/c1-13(2)17(19-25-18(27-29-19)15-8-10-22-11-9-15)24-20(28)26-21-23-16(12-30-21)14-6-4-3-5-7-14/h3-13,17H,1-2H3,(H2,23,24,26,28). The number of anilines is 1. The van der Waals surface area contributed by atoms with Crippen LogP contribution in [0.2, 0.25) is 0 Å². The summed E-state index contributed by atoms with van der Waals surface area (Å²) >= 11 is 1.37. The first kappa shape index (κ1) is 19.7. The number of benzene rings is 1. The van der Waals surface area contributed by atoms with Gasteiger partial charge in [0.15, 0.2) is 5.13 Å². The number of carbonyl (C=O) groups excluding carboxylic acids is 1. The monoisotopic (exact) mass is 420 g/mol. The second-order valence-corrected chi connectivity index (χ2v) is 7.77. The summed E-state index contributed by atoms with van der Waals surface area (Å²) < 4.78 is 5.42. The summed E-state index contributed by atoms with van der Waals surface area (Å²) in [7, 11) is 0. The molecule has 1 unspecified atom stereocenters. The van der Waals surface area contributed by atoms with E-state index in [4.69, 9.17) is 4.52 Å². The zero-order valence-corrected chi connectivity index (χ0v) is 17.3. The summed E-state index contributed by atoms with van der Waals surface area (Å²) in [6.45, 7) is 3.94. The van der Waals surface area contributed by atoms with Gasteiger partial charge in [-0.1, -0.05) is 49.3 Å². The second kappa shape index (κ2) is 8.83. The average Bonchev–Trinajstić information content (AvgIpc) is 3.43. The number of rotatable bonds is 6. The van der Waals surface area contributed by atoms with Gasteiger partial charge in [0.25, 0.3) is 0 Å². The molecule has 2 N–H and O–H groups in total. The van der Waals surface area contributed by atoms with Crippen LogP contribution in [0.25, 0.3) is 22.6 Å². The molecule has 0 fully saturated rings. The molecule has 0 saturated heterocycles. The number of urea groups is 1. The third-order valence-corrected chi connectivity index (χ3v) is 5.15. The number of amides is 2. The van der Waals surface area contributed by atoms with Crippen molar-refractivity contribution < 1.29 is 9.32 Å². The highest BCUT2D eigenvalue weighted by molar-refractivity contribution is 7.14. The van der Waals surface area contributed by atoms with Gasteiger partial charge >= 0.3 is 6.03 Å². The molecule has 0 aliphatic rings. The van der Waals surface area contributed by atoms with E-state index in [0.717, 1.165) is 16.8 Å². The fourth-order valence-electron chi connectivity index (χ4n) is 2.84. The van der Waals surface area contributed by atoms with Crippen molar-refractivity contribution in [2.45, 2.75) is 19.9 Å². The van der Waals surface area contributed by atoms with Gasteiger partial charge in [-0.3, -0.25) is 10.3 Å². The minimum absolute atomic E-state index is 0.0395. The Kier molecular flexibility index (Phi) is 5.80. The van der Waals surface area contributed by atoms with Gasteiger partial charge in [-0.2, -0.15) is 4.98 Å². The smallest absolute Gasteiger partial charge is 0.321 e. The van der Waals surface area contributed by atoms with E-state index in [1.54, 1.807) is 24.5 Å². The van der Waals surface area contributed by atoms with Crippen molar-refractivity contribution in [3.05, 3.63) is 66.1 Å². The first-order chi connectivity index (χ1) is 14.6. The Labute approximate surface area is 177 Å². The average molecular weight is 420 g/mol. The van der Waals surface area contributed by atoms with Crippen LogP contribution in [0.4, 0.5) is 9.93 Å². The molecule has 3 aromatic heterocycles. The zero-order valence-electron chi connectivity index (χ0n) is 16.4. The van der Waals surface area contributed by atoms with Crippen LogP contribution in [0.1, 0.15) is 25.8 Å². The Morgan fingerprint density at radius 3 is 2.53 bits per heavy atom. The van der Waals surface area contributed by atoms with Gasteiger partial charge in [0, 0.05) is 28.9 Å². The van der Waals surface area contributed by atoms with Crippen LogP contribution in [-0.4, -0.2) is 26.1 Å². The van der Waals surface area contributed by atoms with Crippen LogP contribution < -0.4 is 10.6 Å². The van der Waals surface area contributed by atoms with Crippen LogP contribution in [-0.2, 0) is 0 Å². The molecular formula is C21H20N6O2S. The minimum atomic E-state index is -0.443. The van der Waals surface area contributed by atoms with E-state index in [-0.39, 0.29) is 11.9 Å². The van der Waals surface area contributed by atoms with E-state index in [2.05, 4.69) is 30.7 Å². The first-order valence-corrected chi connectivity index (χ1v) is 10.3. The molecule has 0 bridgehead atoms. The first-order valence-electron chi connectivity index (χ1n) is 9.42. The van der Waals surface area contributed by atoms with E-state index in [1.165, 1.54) is 11.3 Å². The summed E-state index contributed by atoms with van der Waals surface area (Å²) in [5.41, 5.74) is 2.61. The van der Waals surface area contributed by atoms with Crippen molar-refractivity contribution in [1.29, 1.82) is 0 Å². The van der Waals surface area contributed by atoms with Gasteiger partial charge in [-0.05, 0) is 18.1 Å². The highest BCUT2D eigenvalue weighted by Crippen LogP contribution is 2.26. The quantitative estimate of drug-likeness (QED) is 0.465. The number of hydrogen-bond donors (Lipinski definition) is 2. The van der Waals surface area contributed by atoms with E-state index < -0.39 is 6.04 Å². The van der Waals surface area contributed by atoms with E-state index >= 15 is 0 Å². The normalized spacial score (nSPS) is 12.0. The predicted octanol–water partition coefficient (Wildman–Crippen LogP) is 4.77. The molecule has 4 rings (SSSR count). The van der Waals surface area contributed by atoms with Crippen molar-refractivity contribution in [2.75, 3.05) is 5.32 Å². The maximum atomic E-state index is 12.6. The fourth-order valence-corrected chi connectivity index (χ4v) is 3.56. The number of aromatic nitrogens is 4. The van der Waals surface area contributed by atoms with Crippen molar-refractivity contribution >= 4 is 22.5 Å². The van der Waals surface area contributed by atoms with Crippen molar-refractivity contribution in [3.8, 4) is 22.6 Å². The lowest BCUT2D eigenvalue weighted by Crippen LogP contribution is -2.35. The third-order valence-electron chi connectivity index (χ3n) is 4.39. The topological polar surface area (TPSA) is 106 Å². The molecule has 0 aliphatic heterocycles. The Balaban J connectivity index is 1.44. The molecule has 0 radical (unpaired) electrons. The SMILES string of the molecule is CC(C)C(NC(=O)Nc1nc(-c2ccccc2)cs1)c1nc(-c2ccncc2)no1. The molecule has 0 aliphatic carbocycles. The van der Waals surface area contributed by atoms with Gasteiger partial charge in [0.1, 0.15) is 6.04 Å². The summed E-state index contributed by atoms with van der Waals surface area (Å²) in [6.07, 6.45) is 3.32. The lowest BCUT2D eigenvalue weighted by atomic mass is 10.0. The van der Waals surface area contributed by atoms with Crippen LogP contribution in [0.3, 0.4) is 0 Å². The molecule has 4 aromatic rings. The summed E-state index contributed by atoms with van der Waals surface area (Å²) in [6, 6.07) is 12.6. The number of nitrogens with zero attached hydrogens (tertiary/aromatic N) is 4. The van der Waals surface area contributed by atoms with Gasteiger partial charge in [0.05, 0.1) is 5.69 Å². The molecule has 30 heavy (non-hydrogen) atoms. The van der Waals surface area contributed by atoms with Crippen LogP contribution >= 0.6 is 11.3 Å². The fraction of sp³-hybridized carbons (Fsp3) is 0.190. The summed E-state index contributed by atoms with van der Waals surface area (Å²) in [4.78, 5) is 25.5. The Bertz CT molecular complexity index is 1110. The molecular weight excluding hydrogens is 400 g/mol. The van der Waals surface area contributed by atoms with Crippen LogP contribution in [0.15, 0.2) is 64.8 Å². The van der Waals surface area contributed by atoms with E-state index in [1.807, 2.05) is 49.6 Å². The molecule has 152 valence electrons. The van der Waals surface area contributed by atoms with E-state index in [9.17, 15) is 4.79 Å². The minimum Gasteiger partial charge on any atom is -0.337 e. The second-order valence-electron chi connectivity index (χ2n) is 6.92. The Morgan fingerprint density at radius 2 is 1.80 bits per heavy atom. The van der Waals surface area contributed by atoms with Crippen LogP contribution in [0.5, 0.6) is 0 Å². The third kappa shape index (κ3) is 4.52. The Hall–Kier alpha value is -3.59. The van der Waals surface area contributed by atoms with Crippen molar-refractivity contribution in [1.82, 2.24) is 25.4 Å². The molecule has 1 aromatic carbocycles. The predicted molar refractivity (Wildman–Crippen MR) is 115 cm³/mol. The maximum absolute atomic E-state index is 12.6. The molecule has 0 saturated carbocycles. The maximum Gasteiger partial charge on any atom is 0.321 e. The summed E-state index contributed by atoms with van der Waals surface area (Å²) in [5.74, 6) is 0.835. The lowest BCUT2D eigenvalue weighted by molar-refractivity contribution is 0.236. The molecule has 9 heteroatoms. The molecule has 8 nitrogen and oxygen atoms in total. The molecule has 3 heterocycles. The highest BCUT2D eigenvalue weighted by Gasteiger charge is 2.25. The van der Waals surface area contributed by atoms with Crippen molar-refractivity contribution in [3.63, 3.8) is 0 Å². The number of thiazole rings is 1. The molecule has 2 amide bonds. The molecule has 1 atom stereocenters. The van der Waals surface area contributed by atoms with Crippen LogP contribution in [0, 0.1) is 5.92 Å². The zero-order chi connectivity index (χ0) is 20.9. The van der Waals surface area contributed by atoms with E-state index in [0.29, 0.717) is 16.8 Å². The number of carbonyl (C=O) groups is 1. The Morgan fingerprint density at radius 1 is 1.03 bits per heavy atom.